The van der Waals surface area contributed by atoms with Gasteiger partial charge in [-0.2, -0.15) is 0 Å². The third kappa shape index (κ3) is 2.32. The molecule has 1 N–H and O–H groups in total. The summed E-state index contributed by atoms with van der Waals surface area (Å²) in [6.45, 7) is 0. The normalized spacial score (nSPS) is 14.8. The molecule has 0 saturated carbocycles. The summed E-state index contributed by atoms with van der Waals surface area (Å²) < 4.78 is 0. The van der Waals surface area contributed by atoms with Crippen molar-refractivity contribution in [3.05, 3.63) is 83.9 Å². The van der Waals surface area contributed by atoms with Gasteiger partial charge in [0.1, 0.15) is 0 Å². The standard InChI is InChI=1S/C20H13NO2/c22-19(15-10-9-13-5-1-2-6-14(13)11-15)12-17-16-7-3-4-8-18(16)21-20(17)23/h1-12H,(H,21,23)/b17-12-. The zero-order valence-corrected chi connectivity index (χ0v) is 12.2. The number of hydrogen-bond donors (Lipinski definition) is 1. The largest absolute Gasteiger partial charge is 0.321 e. The van der Waals surface area contributed by atoms with Crippen LogP contribution >= 0.6 is 0 Å². The van der Waals surface area contributed by atoms with Crippen molar-refractivity contribution in [1.29, 1.82) is 0 Å². The van der Waals surface area contributed by atoms with Gasteiger partial charge in [-0.25, -0.2) is 0 Å². The summed E-state index contributed by atoms with van der Waals surface area (Å²) in [6.07, 6.45) is 1.42. The lowest BCUT2D eigenvalue weighted by atomic mass is 10.0. The zero-order chi connectivity index (χ0) is 15.8. The van der Waals surface area contributed by atoms with Crippen molar-refractivity contribution in [2.75, 3.05) is 5.32 Å². The van der Waals surface area contributed by atoms with Crippen LogP contribution in [-0.4, -0.2) is 11.7 Å². The summed E-state index contributed by atoms with van der Waals surface area (Å²) in [5, 5.41) is 4.87. The Kier molecular flexibility index (Phi) is 3.05. The van der Waals surface area contributed by atoms with E-state index in [9.17, 15) is 9.59 Å². The fourth-order valence-corrected chi connectivity index (χ4v) is 2.84. The number of ketones is 1. The number of fused-ring (bicyclic) bond motifs is 2. The molecule has 3 nitrogen and oxygen atoms in total. The molecule has 0 saturated heterocycles. The molecular formula is C20H13NO2. The Labute approximate surface area is 133 Å². The molecule has 3 aromatic rings. The van der Waals surface area contributed by atoms with Gasteiger partial charge in [0.25, 0.3) is 5.91 Å². The minimum absolute atomic E-state index is 0.169. The molecule has 0 unspecified atom stereocenters. The van der Waals surface area contributed by atoms with E-state index in [-0.39, 0.29) is 11.7 Å². The van der Waals surface area contributed by atoms with Crippen molar-refractivity contribution < 1.29 is 9.59 Å². The van der Waals surface area contributed by atoms with E-state index < -0.39 is 0 Å². The smallest absolute Gasteiger partial charge is 0.256 e. The average molecular weight is 299 g/mol. The quantitative estimate of drug-likeness (QED) is 0.573. The molecule has 4 rings (SSSR count). The number of rotatable bonds is 2. The molecule has 0 radical (unpaired) electrons. The molecule has 0 aromatic heterocycles. The summed E-state index contributed by atoms with van der Waals surface area (Å²) in [4.78, 5) is 24.6. The highest BCUT2D eigenvalue weighted by atomic mass is 16.2. The SMILES string of the molecule is O=C1Nc2ccccc2/C1=C/C(=O)c1ccc2ccccc2c1. The minimum Gasteiger partial charge on any atom is -0.321 e. The molecule has 1 amide bonds. The fraction of sp³-hybridized carbons (Fsp3) is 0. The van der Waals surface area contributed by atoms with E-state index in [1.54, 1.807) is 6.07 Å². The molecule has 0 spiro atoms. The highest BCUT2D eigenvalue weighted by Gasteiger charge is 2.24. The third-order valence-electron chi connectivity index (χ3n) is 4.02. The first-order chi connectivity index (χ1) is 11.2. The number of hydrogen-bond acceptors (Lipinski definition) is 2. The number of anilines is 1. The molecule has 0 bridgehead atoms. The van der Waals surface area contributed by atoms with Crippen LogP contribution in [0.2, 0.25) is 0 Å². The Morgan fingerprint density at radius 3 is 2.48 bits per heavy atom. The minimum atomic E-state index is -0.236. The van der Waals surface area contributed by atoms with Crippen molar-refractivity contribution in [2.45, 2.75) is 0 Å². The van der Waals surface area contributed by atoms with Gasteiger partial charge in [0.15, 0.2) is 5.78 Å². The number of benzene rings is 3. The van der Waals surface area contributed by atoms with E-state index in [4.69, 9.17) is 0 Å². The van der Waals surface area contributed by atoms with E-state index in [2.05, 4.69) is 5.32 Å². The van der Waals surface area contributed by atoms with Crippen LogP contribution in [0.15, 0.2) is 72.8 Å². The van der Waals surface area contributed by atoms with Crippen molar-refractivity contribution >= 4 is 33.7 Å². The van der Waals surface area contributed by atoms with Crippen LogP contribution in [0.3, 0.4) is 0 Å². The lowest BCUT2D eigenvalue weighted by Crippen LogP contribution is -2.06. The van der Waals surface area contributed by atoms with Crippen LogP contribution < -0.4 is 5.32 Å². The van der Waals surface area contributed by atoms with Gasteiger partial charge in [-0.15, -0.1) is 0 Å². The molecule has 23 heavy (non-hydrogen) atoms. The van der Waals surface area contributed by atoms with Gasteiger partial charge in [0, 0.05) is 16.8 Å². The Hall–Kier alpha value is -3.20. The van der Waals surface area contributed by atoms with E-state index in [1.807, 2.05) is 60.7 Å². The van der Waals surface area contributed by atoms with Crippen LogP contribution in [0.5, 0.6) is 0 Å². The van der Waals surface area contributed by atoms with Crippen molar-refractivity contribution in [2.24, 2.45) is 0 Å². The van der Waals surface area contributed by atoms with Crippen molar-refractivity contribution in [3.63, 3.8) is 0 Å². The number of nitrogens with one attached hydrogen (secondary N) is 1. The number of allylic oxidation sites excluding steroid dienone is 1. The van der Waals surface area contributed by atoms with Gasteiger partial charge in [-0.3, -0.25) is 9.59 Å². The Balaban J connectivity index is 1.75. The van der Waals surface area contributed by atoms with Crippen LogP contribution in [-0.2, 0) is 4.79 Å². The van der Waals surface area contributed by atoms with Crippen LogP contribution in [0, 0.1) is 0 Å². The molecule has 1 heterocycles. The Morgan fingerprint density at radius 2 is 1.61 bits per heavy atom. The van der Waals surface area contributed by atoms with E-state index >= 15 is 0 Å². The summed E-state index contributed by atoms with van der Waals surface area (Å²) >= 11 is 0. The van der Waals surface area contributed by atoms with Crippen molar-refractivity contribution in [3.8, 4) is 0 Å². The molecule has 3 heteroatoms. The Morgan fingerprint density at radius 1 is 0.870 bits per heavy atom. The second kappa shape index (κ2) is 5.21. The highest BCUT2D eigenvalue weighted by molar-refractivity contribution is 6.35. The van der Waals surface area contributed by atoms with E-state index in [0.29, 0.717) is 11.1 Å². The summed E-state index contributed by atoms with van der Waals surface area (Å²) in [5.41, 5.74) is 2.51. The third-order valence-corrected chi connectivity index (χ3v) is 4.02. The first-order valence-corrected chi connectivity index (χ1v) is 7.38. The lowest BCUT2D eigenvalue weighted by molar-refractivity contribution is -0.110. The summed E-state index contributed by atoms with van der Waals surface area (Å²) in [5.74, 6) is -0.405. The maximum atomic E-state index is 12.5. The van der Waals surface area contributed by atoms with Crippen LogP contribution in [0.25, 0.3) is 16.3 Å². The summed E-state index contributed by atoms with van der Waals surface area (Å²) in [7, 11) is 0. The average Bonchev–Trinajstić information content (AvgIpc) is 2.90. The van der Waals surface area contributed by atoms with Gasteiger partial charge in [-0.1, -0.05) is 54.6 Å². The van der Waals surface area contributed by atoms with E-state index in [1.165, 1.54) is 6.08 Å². The topological polar surface area (TPSA) is 46.2 Å². The van der Waals surface area contributed by atoms with Gasteiger partial charge in [-0.05, 0) is 29.0 Å². The predicted octanol–water partition coefficient (Wildman–Crippen LogP) is 4.06. The maximum absolute atomic E-state index is 12.5. The lowest BCUT2D eigenvalue weighted by Gasteiger charge is -2.01. The van der Waals surface area contributed by atoms with E-state index in [0.717, 1.165) is 22.0 Å². The van der Waals surface area contributed by atoms with Crippen LogP contribution in [0.1, 0.15) is 15.9 Å². The molecular weight excluding hydrogens is 286 g/mol. The number of carbonyl (C=O) groups excluding carboxylic acids is 2. The second-order valence-corrected chi connectivity index (χ2v) is 5.48. The molecule has 3 aromatic carbocycles. The maximum Gasteiger partial charge on any atom is 0.256 e. The second-order valence-electron chi connectivity index (χ2n) is 5.48. The Bertz CT molecular complexity index is 986. The number of carbonyl (C=O) groups is 2. The molecule has 0 atom stereocenters. The van der Waals surface area contributed by atoms with Gasteiger partial charge >= 0.3 is 0 Å². The van der Waals surface area contributed by atoms with Crippen molar-refractivity contribution in [1.82, 2.24) is 0 Å². The molecule has 110 valence electrons. The first kappa shape index (κ1) is 13.5. The molecule has 0 fully saturated rings. The number of amides is 1. The van der Waals surface area contributed by atoms with Gasteiger partial charge in [0.2, 0.25) is 0 Å². The summed E-state index contributed by atoms with van der Waals surface area (Å²) in [6, 6.07) is 20.8. The van der Waals surface area contributed by atoms with Crippen LogP contribution in [0.4, 0.5) is 5.69 Å². The highest BCUT2D eigenvalue weighted by Crippen LogP contribution is 2.31. The predicted molar refractivity (Wildman–Crippen MR) is 91.3 cm³/mol. The fourth-order valence-electron chi connectivity index (χ4n) is 2.84. The zero-order valence-electron chi connectivity index (χ0n) is 12.2. The molecule has 0 aliphatic carbocycles. The number of para-hydroxylation sites is 1. The monoisotopic (exact) mass is 299 g/mol. The molecule has 1 aliphatic rings. The molecule has 1 aliphatic heterocycles. The van der Waals surface area contributed by atoms with Gasteiger partial charge in [0.05, 0.1) is 5.57 Å². The first-order valence-electron chi connectivity index (χ1n) is 7.38. The van der Waals surface area contributed by atoms with Gasteiger partial charge < -0.3 is 5.32 Å².